The van der Waals surface area contributed by atoms with Crippen LogP contribution in [0, 0.1) is 5.82 Å². The number of ether oxygens (including phenoxy) is 5. The van der Waals surface area contributed by atoms with Crippen molar-refractivity contribution in [2.24, 2.45) is 0 Å². The van der Waals surface area contributed by atoms with Gasteiger partial charge in [-0.05, 0) is 30.0 Å². The third-order valence-electron chi connectivity index (χ3n) is 4.47. The van der Waals surface area contributed by atoms with Crippen LogP contribution in [0.2, 0.25) is 0 Å². The van der Waals surface area contributed by atoms with Crippen LogP contribution in [0.3, 0.4) is 0 Å². The number of rotatable bonds is 21. The van der Waals surface area contributed by atoms with Crippen molar-refractivity contribution in [3.05, 3.63) is 29.6 Å². The van der Waals surface area contributed by atoms with Crippen LogP contribution in [0.1, 0.15) is 45.1 Å². The van der Waals surface area contributed by atoms with Crippen molar-refractivity contribution in [2.75, 3.05) is 72.6 Å². The van der Waals surface area contributed by atoms with Crippen molar-refractivity contribution in [3.63, 3.8) is 0 Å². The summed E-state index contributed by atoms with van der Waals surface area (Å²) in [5, 5.41) is 3.00. The summed E-state index contributed by atoms with van der Waals surface area (Å²) in [7, 11) is 0. The molecule has 0 atom stereocenters. The fraction of sp³-hybridized carbons (Fsp3) is 0.708. The lowest BCUT2D eigenvalue weighted by Crippen LogP contribution is -2.28. The van der Waals surface area contributed by atoms with Gasteiger partial charge in [0.15, 0.2) is 11.6 Å². The zero-order chi connectivity index (χ0) is 23.4. The molecule has 0 saturated heterocycles. The van der Waals surface area contributed by atoms with Crippen LogP contribution in [0.15, 0.2) is 18.2 Å². The third-order valence-corrected chi connectivity index (χ3v) is 4.47. The maximum atomic E-state index is 14.0. The Morgan fingerprint density at radius 3 is 2.06 bits per heavy atom. The van der Waals surface area contributed by atoms with E-state index in [2.05, 4.69) is 12.2 Å². The van der Waals surface area contributed by atoms with Gasteiger partial charge in [0.1, 0.15) is 12.4 Å². The highest BCUT2D eigenvalue weighted by molar-refractivity contribution is 5.80. The predicted octanol–water partition coefficient (Wildman–Crippen LogP) is 3.35. The highest BCUT2D eigenvalue weighted by Crippen LogP contribution is 2.22. The monoisotopic (exact) mass is 457 g/mol. The lowest BCUT2D eigenvalue weighted by atomic mass is 10.0. The molecule has 0 aliphatic heterocycles. The smallest absolute Gasteiger partial charge is 0.165 e. The van der Waals surface area contributed by atoms with Gasteiger partial charge in [-0.25, -0.2) is 4.39 Å². The van der Waals surface area contributed by atoms with Gasteiger partial charge in [0.25, 0.3) is 0 Å². The number of hydrogen-bond donors (Lipinski definition) is 1. The van der Waals surface area contributed by atoms with Crippen LogP contribution in [0.4, 0.5) is 4.39 Å². The average molecular weight is 458 g/mol. The van der Waals surface area contributed by atoms with Gasteiger partial charge in [-0.3, -0.25) is 4.79 Å². The zero-order valence-electron chi connectivity index (χ0n) is 19.8. The molecule has 0 spiro atoms. The van der Waals surface area contributed by atoms with Crippen molar-refractivity contribution >= 4 is 5.78 Å². The van der Waals surface area contributed by atoms with Gasteiger partial charge >= 0.3 is 0 Å². The topological polar surface area (TPSA) is 75.2 Å². The van der Waals surface area contributed by atoms with Gasteiger partial charge in [0.2, 0.25) is 0 Å². The Morgan fingerprint density at radius 2 is 1.50 bits per heavy atom. The number of Topliss-reactive ketones (excluding diaryl/α,β-unsaturated/α-hetero) is 1. The molecule has 1 rings (SSSR count). The first-order valence-electron chi connectivity index (χ1n) is 11.5. The molecule has 0 fully saturated rings. The molecule has 0 aromatic heterocycles. The Balaban J connectivity index is 1.90. The van der Waals surface area contributed by atoms with E-state index in [0.717, 1.165) is 18.6 Å². The summed E-state index contributed by atoms with van der Waals surface area (Å²) in [6, 6.07) is 5.01. The van der Waals surface area contributed by atoms with Gasteiger partial charge in [-0.1, -0.05) is 26.8 Å². The van der Waals surface area contributed by atoms with Crippen molar-refractivity contribution in [2.45, 2.75) is 39.5 Å². The van der Waals surface area contributed by atoms with E-state index in [9.17, 15) is 9.18 Å². The second-order valence-corrected chi connectivity index (χ2v) is 7.61. The minimum absolute atomic E-state index is 0.0528. The number of carbonyl (C=O) groups is 1. The number of nitrogens with one attached hydrogen (secondary N) is 1. The molecule has 184 valence electrons. The highest BCUT2D eigenvalue weighted by atomic mass is 19.1. The van der Waals surface area contributed by atoms with Gasteiger partial charge in [0.05, 0.1) is 52.8 Å². The molecule has 8 heteroatoms. The molecule has 1 aromatic carbocycles. The van der Waals surface area contributed by atoms with Crippen LogP contribution in [0.25, 0.3) is 0 Å². The first-order valence-corrected chi connectivity index (χ1v) is 11.5. The summed E-state index contributed by atoms with van der Waals surface area (Å²) >= 11 is 0. The molecule has 0 saturated carbocycles. The molecule has 0 bridgehead atoms. The molecule has 0 radical (unpaired) electrons. The minimum Gasteiger partial charge on any atom is -0.489 e. The largest absolute Gasteiger partial charge is 0.489 e. The molecule has 0 heterocycles. The number of halogens is 1. The fourth-order valence-corrected chi connectivity index (χ4v) is 2.63. The molecule has 0 aliphatic rings. The highest BCUT2D eigenvalue weighted by Gasteiger charge is 2.07. The van der Waals surface area contributed by atoms with E-state index >= 15 is 0 Å². The van der Waals surface area contributed by atoms with Crippen LogP contribution in [-0.4, -0.2) is 78.3 Å². The van der Waals surface area contributed by atoms with Crippen LogP contribution in [0.5, 0.6) is 5.75 Å². The zero-order valence-corrected chi connectivity index (χ0v) is 19.8. The predicted molar refractivity (Wildman–Crippen MR) is 122 cm³/mol. The second-order valence-electron chi connectivity index (χ2n) is 7.61. The van der Waals surface area contributed by atoms with Crippen LogP contribution in [-0.2, 0) is 23.7 Å². The summed E-state index contributed by atoms with van der Waals surface area (Å²) < 4.78 is 40.9. The number of ketones is 1. The Kier molecular flexibility index (Phi) is 16.8. The fourth-order valence-electron chi connectivity index (χ4n) is 2.63. The van der Waals surface area contributed by atoms with E-state index in [0.29, 0.717) is 59.2 Å². The van der Waals surface area contributed by atoms with E-state index in [-0.39, 0.29) is 36.4 Å². The van der Waals surface area contributed by atoms with Gasteiger partial charge in [0, 0.05) is 19.6 Å². The van der Waals surface area contributed by atoms with E-state index in [1.807, 2.05) is 19.9 Å². The SMILES string of the molecule is CCCOCCOCCOCCOCCC(=O)CNCCOc1ccc(C(C)C)cc1F. The normalized spacial score (nSPS) is 11.3. The van der Waals surface area contributed by atoms with E-state index in [4.69, 9.17) is 23.7 Å². The molecule has 0 amide bonds. The first kappa shape index (κ1) is 28.5. The number of hydrogen-bond acceptors (Lipinski definition) is 7. The summed E-state index contributed by atoms with van der Waals surface area (Å²) in [5.41, 5.74) is 0.935. The van der Waals surface area contributed by atoms with Crippen LogP contribution >= 0.6 is 0 Å². The van der Waals surface area contributed by atoms with Crippen molar-refractivity contribution in [1.82, 2.24) is 5.32 Å². The first-order chi connectivity index (χ1) is 15.5. The maximum Gasteiger partial charge on any atom is 0.165 e. The molecule has 1 N–H and O–H groups in total. The molecule has 1 aromatic rings. The summed E-state index contributed by atoms with van der Waals surface area (Å²) in [4.78, 5) is 11.8. The standard InChI is InChI=1S/C24H40FNO6/c1-4-9-28-12-14-30-16-17-31-15-13-29-10-7-22(27)19-26-8-11-32-24-6-5-21(20(2)3)18-23(24)25/h5-6,18,20,26H,4,7-17,19H2,1-3H3. The van der Waals surface area contributed by atoms with Gasteiger partial charge < -0.3 is 29.0 Å². The summed E-state index contributed by atoms with van der Waals surface area (Å²) in [5.74, 6) is 0.184. The maximum absolute atomic E-state index is 14.0. The van der Waals surface area contributed by atoms with Gasteiger partial charge in [-0.2, -0.15) is 0 Å². The quantitative estimate of drug-likeness (QED) is 0.284. The molecule has 0 unspecified atom stereocenters. The lowest BCUT2D eigenvalue weighted by molar-refractivity contribution is -0.119. The van der Waals surface area contributed by atoms with Crippen molar-refractivity contribution in [3.8, 4) is 5.75 Å². The van der Waals surface area contributed by atoms with E-state index in [1.54, 1.807) is 6.07 Å². The Labute approximate surface area is 191 Å². The molecule has 7 nitrogen and oxygen atoms in total. The summed E-state index contributed by atoms with van der Waals surface area (Å²) in [6.07, 6.45) is 1.34. The number of benzene rings is 1. The van der Waals surface area contributed by atoms with Crippen LogP contribution < -0.4 is 10.1 Å². The Morgan fingerprint density at radius 1 is 0.906 bits per heavy atom. The third kappa shape index (κ3) is 14.5. The van der Waals surface area contributed by atoms with Gasteiger partial charge in [-0.15, -0.1) is 0 Å². The molecular weight excluding hydrogens is 417 g/mol. The lowest BCUT2D eigenvalue weighted by Gasteiger charge is -2.11. The molecule has 32 heavy (non-hydrogen) atoms. The van der Waals surface area contributed by atoms with E-state index < -0.39 is 0 Å². The Hall–Kier alpha value is -1.58. The average Bonchev–Trinajstić information content (AvgIpc) is 2.77. The van der Waals surface area contributed by atoms with E-state index in [1.165, 1.54) is 6.07 Å². The van der Waals surface area contributed by atoms with Crippen molar-refractivity contribution < 1.29 is 32.9 Å². The number of carbonyl (C=O) groups excluding carboxylic acids is 1. The molecule has 0 aliphatic carbocycles. The molecular formula is C24H40FNO6. The summed E-state index contributed by atoms with van der Waals surface area (Å²) in [6.45, 7) is 11.3. The van der Waals surface area contributed by atoms with Crippen molar-refractivity contribution in [1.29, 1.82) is 0 Å². The minimum atomic E-state index is -0.363. The second kappa shape index (κ2) is 18.9. The Bertz CT molecular complexity index is 614.